The van der Waals surface area contributed by atoms with Crippen LogP contribution in [-0.2, 0) is 6.18 Å². The highest BCUT2D eigenvalue weighted by Crippen LogP contribution is 2.30. The molecule has 1 aliphatic rings. The van der Waals surface area contributed by atoms with Gasteiger partial charge in [-0.2, -0.15) is 13.2 Å². The zero-order valence-electron chi connectivity index (χ0n) is 17.1. The standard InChI is InChI=1S/C21H23F3N6O/c1-12-3-5-15-16(9-12)29-19(28-15)17-10-13(7-8-30(17)2)26-20(31)27-14-4-6-18(25-11-14)21(22,23)24/h3-6,9,11,13,17H,7-8,10H2,1-2H3,(H,28,29)(H2,26,27,31). The summed E-state index contributed by atoms with van der Waals surface area (Å²) in [7, 11) is 2.02. The number of carbonyl (C=O) groups excluding carboxylic acids is 1. The summed E-state index contributed by atoms with van der Waals surface area (Å²) in [6.07, 6.45) is -2.10. The van der Waals surface area contributed by atoms with E-state index in [4.69, 9.17) is 4.98 Å². The van der Waals surface area contributed by atoms with Gasteiger partial charge in [-0.3, -0.25) is 4.90 Å². The monoisotopic (exact) mass is 432 g/mol. The van der Waals surface area contributed by atoms with E-state index in [1.807, 2.05) is 26.1 Å². The first-order chi connectivity index (χ1) is 14.7. The molecular weight excluding hydrogens is 409 g/mol. The highest BCUT2D eigenvalue weighted by atomic mass is 19.4. The number of aromatic nitrogens is 3. The molecule has 2 atom stereocenters. The maximum Gasteiger partial charge on any atom is 0.433 e. The van der Waals surface area contributed by atoms with E-state index in [9.17, 15) is 18.0 Å². The van der Waals surface area contributed by atoms with Crippen molar-refractivity contribution < 1.29 is 18.0 Å². The molecule has 2 aromatic heterocycles. The third-order valence-corrected chi connectivity index (χ3v) is 5.49. The number of benzene rings is 1. The first kappa shape index (κ1) is 21.1. The highest BCUT2D eigenvalue weighted by Gasteiger charge is 2.32. The van der Waals surface area contributed by atoms with Crippen LogP contribution < -0.4 is 10.6 Å². The number of hydrogen-bond donors (Lipinski definition) is 3. The van der Waals surface area contributed by atoms with E-state index in [0.29, 0.717) is 6.42 Å². The number of nitrogens with one attached hydrogen (secondary N) is 3. The van der Waals surface area contributed by atoms with E-state index >= 15 is 0 Å². The molecule has 0 spiro atoms. The number of aryl methyl sites for hydroxylation is 1. The summed E-state index contributed by atoms with van der Waals surface area (Å²) in [5, 5.41) is 5.45. The number of rotatable bonds is 3. The number of nitrogens with zero attached hydrogens (tertiary/aromatic N) is 3. The number of likely N-dealkylation sites (tertiary alicyclic amines) is 1. The molecule has 0 radical (unpaired) electrons. The van der Waals surface area contributed by atoms with Gasteiger partial charge < -0.3 is 15.6 Å². The van der Waals surface area contributed by atoms with Crippen LogP contribution in [0, 0.1) is 6.92 Å². The van der Waals surface area contributed by atoms with Crippen molar-refractivity contribution in [3.8, 4) is 0 Å². The number of fused-ring (bicyclic) bond motifs is 1. The first-order valence-electron chi connectivity index (χ1n) is 9.96. The summed E-state index contributed by atoms with van der Waals surface area (Å²) in [6, 6.07) is 7.51. The van der Waals surface area contributed by atoms with Crippen molar-refractivity contribution in [2.24, 2.45) is 0 Å². The summed E-state index contributed by atoms with van der Waals surface area (Å²) in [6.45, 7) is 2.80. The fourth-order valence-electron chi connectivity index (χ4n) is 3.82. The van der Waals surface area contributed by atoms with Crippen LogP contribution in [0.3, 0.4) is 0 Å². The number of carbonyl (C=O) groups is 1. The highest BCUT2D eigenvalue weighted by molar-refractivity contribution is 5.89. The van der Waals surface area contributed by atoms with Gasteiger partial charge in [-0.1, -0.05) is 6.07 Å². The third-order valence-electron chi connectivity index (χ3n) is 5.49. The first-order valence-corrected chi connectivity index (χ1v) is 9.96. The van der Waals surface area contributed by atoms with Crippen molar-refractivity contribution in [1.82, 2.24) is 25.2 Å². The number of halogens is 3. The van der Waals surface area contributed by atoms with Gasteiger partial charge in [0.1, 0.15) is 11.5 Å². The normalized spacial score (nSPS) is 20.0. The minimum Gasteiger partial charge on any atom is -0.341 e. The second kappa shape index (κ2) is 8.18. The number of piperidine rings is 1. The van der Waals surface area contributed by atoms with Crippen molar-refractivity contribution in [2.75, 3.05) is 18.9 Å². The SMILES string of the molecule is Cc1ccc2nc(C3CC(NC(=O)Nc4ccc(C(F)(F)F)nc4)CCN3C)[nH]c2c1. The number of imidazole rings is 1. The third kappa shape index (κ3) is 4.79. The quantitative estimate of drug-likeness (QED) is 0.578. The van der Waals surface area contributed by atoms with Gasteiger partial charge in [-0.15, -0.1) is 0 Å². The predicted octanol–water partition coefficient (Wildman–Crippen LogP) is 4.24. The molecule has 2 unspecified atom stereocenters. The van der Waals surface area contributed by atoms with Crippen molar-refractivity contribution in [1.29, 1.82) is 0 Å². The Morgan fingerprint density at radius 3 is 2.77 bits per heavy atom. The van der Waals surface area contributed by atoms with Crippen LogP contribution in [0.5, 0.6) is 0 Å². The van der Waals surface area contributed by atoms with Crippen LogP contribution in [0.25, 0.3) is 11.0 Å². The number of H-pyrrole nitrogens is 1. The largest absolute Gasteiger partial charge is 0.433 e. The van der Waals surface area contributed by atoms with Crippen molar-refractivity contribution in [2.45, 2.75) is 38.0 Å². The van der Waals surface area contributed by atoms with Crippen LogP contribution in [0.1, 0.15) is 36.0 Å². The van der Waals surface area contributed by atoms with E-state index < -0.39 is 17.9 Å². The van der Waals surface area contributed by atoms with E-state index in [1.165, 1.54) is 6.07 Å². The number of urea groups is 1. The molecule has 4 rings (SSSR count). The Labute approximate surface area is 177 Å². The lowest BCUT2D eigenvalue weighted by atomic mass is 9.97. The molecule has 0 saturated carbocycles. The average Bonchev–Trinajstić information content (AvgIpc) is 3.12. The molecule has 1 fully saturated rings. The van der Waals surface area contributed by atoms with Gasteiger partial charge in [-0.05, 0) is 56.6 Å². The number of pyridine rings is 1. The van der Waals surface area contributed by atoms with Gasteiger partial charge in [-0.25, -0.2) is 14.8 Å². The van der Waals surface area contributed by atoms with Crippen LogP contribution in [0.4, 0.5) is 23.7 Å². The molecule has 1 aromatic carbocycles. The summed E-state index contributed by atoms with van der Waals surface area (Å²) in [4.78, 5) is 26.0. The van der Waals surface area contributed by atoms with Crippen LogP contribution in [0.15, 0.2) is 36.5 Å². The molecule has 3 aromatic rings. The van der Waals surface area contributed by atoms with E-state index in [0.717, 1.165) is 47.7 Å². The van der Waals surface area contributed by atoms with Gasteiger partial charge in [0.25, 0.3) is 0 Å². The van der Waals surface area contributed by atoms with Crippen LogP contribution in [0.2, 0.25) is 0 Å². The minimum atomic E-state index is -4.51. The lowest BCUT2D eigenvalue weighted by Crippen LogP contribution is -2.46. The Morgan fingerprint density at radius 1 is 1.26 bits per heavy atom. The number of alkyl halides is 3. The Balaban J connectivity index is 1.40. The minimum absolute atomic E-state index is 0.0134. The molecule has 1 saturated heterocycles. The molecule has 164 valence electrons. The van der Waals surface area contributed by atoms with E-state index in [-0.39, 0.29) is 17.8 Å². The molecule has 10 heteroatoms. The summed E-state index contributed by atoms with van der Waals surface area (Å²) < 4.78 is 37.8. The Hall–Kier alpha value is -3.14. The number of amides is 2. The number of hydrogen-bond acceptors (Lipinski definition) is 4. The summed E-state index contributed by atoms with van der Waals surface area (Å²) in [5.41, 5.74) is 2.22. The van der Waals surface area contributed by atoms with Gasteiger partial charge in [0.15, 0.2) is 0 Å². The van der Waals surface area contributed by atoms with Gasteiger partial charge in [0.2, 0.25) is 0 Å². The molecule has 2 amide bonds. The summed E-state index contributed by atoms with van der Waals surface area (Å²) in [5.74, 6) is 0.849. The molecule has 0 aliphatic carbocycles. The van der Waals surface area contributed by atoms with Gasteiger partial charge in [0.05, 0.1) is 29.0 Å². The zero-order chi connectivity index (χ0) is 22.2. The maximum absolute atomic E-state index is 12.6. The Kier molecular flexibility index (Phi) is 5.57. The number of anilines is 1. The van der Waals surface area contributed by atoms with Crippen molar-refractivity contribution >= 4 is 22.8 Å². The molecule has 7 nitrogen and oxygen atoms in total. The molecule has 0 bridgehead atoms. The molecule has 3 heterocycles. The molecule has 1 aliphatic heterocycles. The zero-order valence-corrected chi connectivity index (χ0v) is 17.1. The second-order valence-corrected chi connectivity index (χ2v) is 7.89. The lowest BCUT2D eigenvalue weighted by Gasteiger charge is -2.36. The van der Waals surface area contributed by atoms with Gasteiger partial charge in [0, 0.05) is 12.6 Å². The molecule has 31 heavy (non-hydrogen) atoms. The topological polar surface area (TPSA) is 85.9 Å². The Bertz CT molecular complexity index is 1080. The van der Waals surface area contributed by atoms with Crippen molar-refractivity contribution in [3.63, 3.8) is 0 Å². The Morgan fingerprint density at radius 2 is 2.06 bits per heavy atom. The van der Waals surface area contributed by atoms with E-state index in [2.05, 4.69) is 31.6 Å². The molecular formula is C21H23F3N6O. The fourth-order valence-corrected chi connectivity index (χ4v) is 3.82. The number of aromatic amines is 1. The summed E-state index contributed by atoms with van der Waals surface area (Å²) >= 11 is 0. The average molecular weight is 432 g/mol. The van der Waals surface area contributed by atoms with Gasteiger partial charge >= 0.3 is 12.2 Å². The molecule has 3 N–H and O–H groups in total. The van der Waals surface area contributed by atoms with Crippen molar-refractivity contribution in [3.05, 3.63) is 53.6 Å². The van der Waals surface area contributed by atoms with Crippen LogP contribution >= 0.6 is 0 Å². The van der Waals surface area contributed by atoms with E-state index in [1.54, 1.807) is 0 Å². The maximum atomic E-state index is 12.6. The second-order valence-electron chi connectivity index (χ2n) is 7.89. The predicted molar refractivity (Wildman–Crippen MR) is 111 cm³/mol. The van der Waals surface area contributed by atoms with Crippen LogP contribution in [-0.4, -0.2) is 45.5 Å². The lowest BCUT2D eigenvalue weighted by molar-refractivity contribution is -0.141. The fraction of sp³-hybridized carbons (Fsp3) is 0.381. The smallest absolute Gasteiger partial charge is 0.341 e.